The number of halogens is 2. The van der Waals surface area contributed by atoms with Gasteiger partial charge in [-0.15, -0.1) is 0 Å². The second kappa shape index (κ2) is 8.29. The molecule has 0 unspecified atom stereocenters. The molecule has 1 aliphatic rings. The molecule has 3 rings (SSSR count). The van der Waals surface area contributed by atoms with Gasteiger partial charge in [0.25, 0.3) is 0 Å². The molecule has 162 valence electrons. The first-order valence-electron chi connectivity index (χ1n) is 8.18. The number of thiophene rings is 1. The largest absolute Gasteiger partial charge is 0.508 e. The van der Waals surface area contributed by atoms with Crippen LogP contribution < -0.4 is 11.4 Å². The van der Waals surface area contributed by atoms with Crippen molar-refractivity contribution in [1.82, 2.24) is 9.55 Å². The Hall–Kier alpha value is -3.17. The van der Waals surface area contributed by atoms with E-state index in [-0.39, 0.29) is 17.4 Å². The van der Waals surface area contributed by atoms with Crippen LogP contribution in [-0.4, -0.2) is 50.5 Å². The molecule has 0 saturated carbocycles. The molecule has 2 aromatic heterocycles. The molecule has 2 aromatic rings. The van der Waals surface area contributed by atoms with Gasteiger partial charge in [0, 0.05) is 17.1 Å². The van der Waals surface area contributed by atoms with Crippen molar-refractivity contribution in [2.24, 2.45) is 0 Å². The number of carbonyl (C=O) groups is 1. The number of anilines is 1. The fraction of sp³-hybridized carbons (Fsp3) is 0.400. The highest BCUT2D eigenvalue weighted by molar-refractivity contribution is 7.15. The van der Waals surface area contributed by atoms with Crippen molar-refractivity contribution in [1.29, 1.82) is 0 Å². The average Bonchev–Trinajstić information content (AvgIpc) is 3.23. The number of rotatable bonds is 6. The number of aromatic nitrogens is 2. The van der Waals surface area contributed by atoms with E-state index in [0.717, 1.165) is 23.6 Å². The van der Waals surface area contributed by atoms with Crippen molar-refractivity contribution in [3.63, 3.8) is 0 Å². The number of carbonyl (C=O) groups excluding carboxylic acids is 1. The lowest BCUT2D eigenvalue weighted by molar-refractivity contribution is -0.380. The quantitative estimate of drug-likeness (QED) is 0.370. The van der Waals surface area contributed by atoms with Gasteiger partial charge in [0.05, 0.1) is 4.92 Å². The molecule has 0 aliphatic carbocycles. The van der Waals surface area contributed by atoms with Crippen LogP contribution in [0.5, 0.6) is 0 Å². The van der Waals surface area contributed by atoms with Gasteiger partial charge in [-0.2, -0.15) is 13.8 Å². The van der Waals surface area contributed by atoms with Crippen LogP contribution in [0.3, 0.4) is 0 Å². The number of nitrogen functional groups attached to an aromatic ring is 1. The molecule has 1 saturated heterocycles. The summed E-state index contributed by atoms with van der Waals surface area (Å²) in [6, 6.07) is 3.71. The first-order valence-corrected chi connectivity index (χ1v) is 9.00. The molecule has 0 radical (unpaired) electrons. The Balaban J connectivity index is 1.57. The van der Waals surface area contributed by atoms with E-state index >= 15 is 0 Å². The molecule has 3 atom stereocenters. The maximum Gasteiger partial charge on any atom is 0.508 e. The summed E-state index contributed by atoms with van der Waals surface area (Å²) in [4.78, 5) is 37.1. The number of aliphatic hydroxyl groups is 1. The lowest BCUT2D eigenvalue weighted by atomic mass is 10.1. The summed E-state index contributed by atoms with van der Waals surface area (Å²) in [7, 11) is 0. The highest BCUT2D eigenvalue weighted by Gasteiger charge is 2.60. The molecule has 0 spiro atoms. The molecule has 30 heavy (non-hydrogen) atoms. The Morgan fingerprint density at radius 1 is 1.43 bits per heavy atom. The van der Waals surface area contributed by atoms with E-state index in [1.54, 1.807) is 0 Å². The minimum Gasteiger partial charge on any atom is -0.431 e. The van der Waals surface area contributed by atoms with E-state index in [9.17, 15) is 33.6 Å². The molecule has 1 fully saturated rings. The molecule has 3 heterocycles. The zero-order chi connectivity index (χ0) is 22.1. The van der Waals surface area contributed by atoms with Gasteiger partial charge in [0.2, 0.25) is 6.23 Å². The number of nitrogens with two attached hydrogens (primary N) is 1. The first-order chi connectivity index (χ1) is 14.1. The van der Waals surface area contributed by atoms with E-state index < -0.39 is 47.7 Å². The summed E-state index contributed by atoms with van der Waals surface area (Å²) < 4.78 is 43.6. The van der Waals surface area contributed by atoms with E-state index in [1.807, 2.05) is 0 Å². The zero-order valence-corrected chi connectivity index (χ0v) is 15.7. The van der Waals surface area contributed by atoms with Gasteiger partial charge in [-0.1, -0.05) is 11.3 Å². The molecule has 0 aromatic carbocycles. The Kier molecular flexibility index (Phi) is 5.95. The van der Waals surface area contributed by atoms with Crippen LogP contribution in [0, 0.1) is 10.1 Å². The highest BCUT2D eigenvalue weighted by atomic mass is 32.1. The molecule has 12 nitrogen and oxygen atoms in total. The van der Waals surface area contributed by atoms with Crippen LogP contribution in [0.1, 0.15) is 11.1 Å². The maximum absolute atomic E-state index is 14.4. The highest BCUT2D eigenvalue weighted by Crippen LogP contribution is 2.42. The number of hydrogen-bond donors (Lipinski definition) is 2. The molecule has 15 heteroatoms. The minimum absolute atomic E-state index is 0.148. The van der Waals surface area contributed by atoms with Crippen LogP contribution in [0.15, 0.2) is 29.2 Å². The van der Waals surface area contributed by atoms with Gasteiger partial charge in [-0.3, -0.25) is 14.7 Å². The monoisotopic (exact) mass is 448 g/mol. The van der Waals surface area contributed by atoms with E-state index in [0.29, 0.717) is 9.44 Å². The van der Waals surface area contributed by atoms with Crippen molar-refractivity contribution in [2.75, 3.05) is 12.3 Å². The van der Waals surface area contributed by atoms with Crippen LogP contribution in [0.4, 0.5) is 24.4 Å². The van der Waals surface area contributed by atoms with Gasteiger partial charge in [0.1, 0.15) is 25.1 Å². The van der Waals surface area contributed by atoms with E-state index in [1.165, 1.54) is 12.1 Å². The molecule has 3 N–H and O–H groups in total. The van der Waals surface area contributed by atoms with Gasteiger partial charge in [-0.05, 0) is 12.1 Å². The van der Waals surface area contributed by atoms with Crippen molar-refractivity contribution in [3.05, 3.63) is 49.9 Å². The molecular formula is C15H14F2N4O8S. The lowest BCUT2D eigenvalue weighted by Gasteiger charge is -2.20. The predicted molar refractivity (Wildman–Crippen MR) is 94.9 cm³/mol. The van der Waals surface area contributed by atoms with Crippen LogP contribution >= 0.6 is 11.3 Å². The fourth-order valence-corrected chi connectivity index (χ4v) is 3.31. The predicted octanol–water partition coefficient (Wildman–Crippen LogP) is 1.04. The van der Waals surface area contributed by atoms with Crippen LogP contribution in [0.2, 0.25) is 0 Å². The standard InChI is InChI=1S/C15H14F2N4O8S/c16-15(17)11(22)8(29-12(15)20-4-3-9(18)19-13(20)23)6-28-14(24)27-5-7-1-2-10(30-7)21(25)26/h1-4,8,11-12,22H,5-6H2,(H2,18,19,23)/t8-,11-,12-/m1/s1. The fourth-order valence-electron chi connectivity index (χ4n) is 2.57. The van der Waals surface area contributed by atoms with Crippen molar-refractivity contribution in [2.45, 2.75) is 31.0 Å². The Labute approximate surface area is 169 Å². The van der Waals surface area contributed by atoms with Crippen molar-refractivity contribution in [3.8, 4) is 0 Å². The number of nitrogens with zero attached hydrogens (tertiary/aromatic N) is 3. The normalized spacial score (nSPS) is 22.6. The summed E-state index contributed by atoms with van der Waals surface area (Å²) >= 11 is 0.784. The Morgan fingerprint density at radius 3 is 2.80 bits per heavy atom. The summed E-state index contributed by atoms with van der Waals surface area (Å²) in [6.07, 6.45) is -6.57. The van der Waals surface area contributed by atoms with E-state index in [2.05, 4.69) is 9.72 Å². The molecule has 0 bridgehead atoms. The van der Waals surface area contributed by atoms with Crippen molar-refractivity contribution >= 4 is 28.3 Å². The SMILES string of the molecule is Nc1ccn([C@@H]2O[C@H](COC(=O)OCc3ccc([N+](=O)[O-])s3)[C@@H](O)C2(F)F)c(=O)n1. The molecule has 1 aliphatic heterocycles. The average molecular weight is 448 g/mol. The van der Waals surface area contributed by atoms with E-state index in [4.69, 9.17) is 15.2 Å². The number of hydrogen-bond acceptors (Lipinski definition) is 11. The van der Waals surface area contributed by atoms with Gasteiger partial charge in [-0.25, -0.2) is 9.59 Å². The second-order valence-corrected chi connectivity index (χ2v) is 7.18. The third-order valence-electron chi connectivity index (χ3n) is 4.01. The Morgan fingerprint density at radius 2 is 2.17 bits per heavy atom. The Bertz CT molecular complexity index is 1010. The summed E-state index contributed by atoms with van der Waals surface area (Å²) in [5.74, 6) is -4.08. The van der Waals surface area contributed by atoms with Crippen LogP contribution in [0.25, 0.3) is 0 Å². The van der Waals surface area contributed by atoms with Gasteiger partial charge >= 0.3 is 22.8 Å². The third kappa shape index (κ3) is 4.37. The minimum atomic E-state index is -3.89. The number of alkyl halides is 2. The second-order valence-electron chi connectivity index (χ2n) is 6.04. The third-order valence-corrected chi connectivity index (χ3v) is 5.02. The number of nitro groups is 1. The molecule has 0 amide bonds. The summed E-state index contributed by atoms with van der Waals surface area (Å²) in [6.45, 7) is -1.13. The number of aliphatic hydroxyl groups excluding tert-OH is 1. The summed E-state index contributed by atoms with van der Waals surface area (Å²) in [5.41, 5.74) is 4.20. The maximum atomic E-state index is 14.4. The van der Waals surface area contributed by atoms with Gasteiger partial charge < -0.3 is 25.1 Å². The smallest absolute Gasteiger partial charge is 0.431 e. The lowest BCUT2D eigenvalue weighted by Crippen LogP contribution is -2.42. The van der Waals surface area contributed by atoms with Gasteiger partial charge in [0.15, 0.2) is 6.10 Å². The van der Waals surface area contributed by atoms with Crippen molar-refractivity contribution < 1.29 is 37.8 Å². The summed E-state index contributed by atoms with van der Waals surface area (Å²) in [5, 5.41) is 20.3. The number of ether oxygens (including phenoxy) is 3. The van der Waals surface area contributed by atoms with Crippen LogP contribution in [-0.2, 0) is 20.8 Å². The zero-order valence-electron chi connectivity index (χ0n) is 14.8. The molecular weight excluding hydrogens is 434 g/mol. The first kappa shape index (κ1) is 21.5. The topological polar surface area (TPSA) is 169 Å².